The standard InChI is InChI=1S/C19H26F4O8S2/c1-12(2)15(24)31-17-8-13-5-14(9-17)7-16(6-13,10-17)11-32(25,26)30-4-3-18(20,21)19(22,23)33(27,28)29/h13-14H,1,3-11H2,2H3,(H,27,28,29)/p-1. The summed E-state index contributed by atoms with van der Waals surface area (Å²) < 4.78 is 120. The fourth-order valence-electron chi connectivity index (χ4n) is 5.98. The summed E-state index contributed by atoms with van der Waals surface area (Å²) in [7, 11) is -11.2. The van der Waals surface area contributed by atoms with Crippen LogP contribution >= 0.6 is 0 Å². The molecular weight excluding hydrogens is 496 g/mol. The molecule has 0 aromatic carbocycles. The molecule has 8 nitrogen and oxygen atoms in total. The number of hydrogen-bond acceptors (Lipinski definition) is 8. The number of rotatable bonds is 10. The largest absolute Gasteiger partial charge is 0.743 e. The zero-order chi connectivity index (χ0) is 25.1. The highest BCUT2D eigenvalue weighted by Crippen LogP contribution is 2.63. The Morgan fingerprint density at radius 1 is 1.09 bits per heavy atom. The van der Waals surface area contributed by atoms with Crippen molar-refractivity contribution < 1.29 is 52.7 Å². The molecule has 4 saturated carbocycles. The summed E-state index contributed by atoms with van der Waals surface area (Å²) in [5, 5.41) is -5.91. The van der Waals surface area contributed by atoms with E-state index in [0.717, 1.165) is 6.42 Å². The van der Waals surface area contributed by atoms with Gasteiger partial charge in [0.15, 0.2) is 10.1 Å². The van der Waals surface area contributed by atoms with Crippen LogP contribution in [-0.4, -0.2) is 56.5 Å². The van der Waals surface area contributed by atoms with E-state index in [1.165, 1.54) is 6.92 Å². The second-order valence-corrected chi connectivity index (χ2v) is 12.8. The third-order valence-electron chi connectivity index (χ3n) is 6.69. The zero-order valence-corrected chi connectivity index (χ0v) is 19.5. The fraction of sp³-hybridized carbons (Fsp3) is 0.842. The summed E-state index contributed by atoms with van der Waals surface area (Å²) in [4.78, 5) is 12.1. The van der Waals surface area contributed by atoms with Crippen molar-refractivity contribution in [2.75, 3.05) is 12.4 Å². The molecule has 4 fully saturated rings. The van der Waals surface area contributed by atoms with E-state index in [9.17, 15) is 43.7 Å². The van der Waals surface area contributed by atoms with Crippen molar-refractivity contribution in [1.82, 2.24) is 0 Å². The van der Waals surface area contributed by atoms with Crippen LogP contribution in [0.15, 0.2) is 12.2 Å². The third kappa shape index (κ3) is 5.22. The molecule has 0 spiro atoms. The maximum Gasteiger partial charge on any atom is 0.396 e. The van der Waals surface area contributed by atoms with E-state index in [-0.39, 0.29) is 23.8 Å². The molecule has 2 unspecified atom stereocenters. The Bertz CT molecular complexity index is 1020. The predicted octanol–water partition coefficient (Wildman–Crippen LogP) is 2.95. The summed E-state index contributed by atoms with van der Waals surface area (Å²) in [6.45, 7) is 3.62. The molecular formula is C19H25F4O8S2-. The lowest BCUT2D eigenvalue weighted by Gasteiger charge is -2.61. The van der Waals surface area contributed by atoms with Crippen LogP contribution in [0.5, 0.6) is 0 Å². The molecule has 0 radical (unpaired) electrons. The van der Waals surface area contributed by atoms with Gasteiger partial charge in [0, 0.05) is 12.0 Å². The van der Waals surface area contributed by atoms with Gasteiger partial charge in [-0.3, -0.25) is 4.18 Å². The van der Waals surface area contributed by atoms with Crippen molar-refractivity contribution in [2.24, 2.45) is 17.3 Å². The van der Waals surface area contributed by atoms with Gasteiger partial charge in [0.1, 0.15) is 5.60 Å². The van der Waals surface area contributed by atoms with Crippen LogP contribution in [0, 0.1) is 17.3 Å². The van der Waals surface area contributed by atoms with Gasteiger partial charge in [0.25, 0.3) is 10.1 Å². The fourth-order valence-corrected chi connectivity index (χ4v) is 7.95. The van der Waals surface area contributed by atoms with Gasteiger partial charge in [0.05, 0.1) is 12.4 Å². The van der Waals surface area contributed by atoms with E-state index >= 15 is 0 Å². The molecule has 0 N–H and O–H groups in total. The van der Waals surface area contributed by atoms with Gasteiger partial charge < -0.3 is 9.29 Å². The van der Waals surface area contributed by atoms with E-state index in [1.54, 1.807) is 0 Å². The summed E-state index contributed by atoms with van der Waals surface area (Å²) in [5.41, 5.74) is -1.48. The lowest BCUT2D eigenvalue weighted by molar-refractivity contribution is -0.194. The van der Waals surface area contributed by atoms with Gasteiger partial charge in [-0.15, -0.1) is 0 Å². The Balaban J connectivity index is 1.68. The van der Waals surface area contributed by atoms with Gasteiger partial charge in [0.2, 0.25) is 0 Å². The molecule has 33 heavy (non-hydrogen) atoms. The van der Waals surface area contributed by atoms with Crippen LogP contribution in [0.1, 0.15) is 51.9 Å². The number of esters is 1. The second kappa shape index (κ2) is 8.16. The molecule has 190 valence electrons. The van der Waals surface area contributed by atoms with Crippen LogP contribution in [-0.2, 0) is 34.0 Å². The monoisotopic (exact) mass is 521 g/mol. The van der Waals surface area contributed by atoms with Gasteiger partial charge in [-0.1, -0.05) is 6.58 Å². The lowest BCUT2D eigenvalue weighted by Crippen LogP contribution is -2.59. The Hall–Kier alpha value is -1.25. The van der Waals surface area contributed by atoms with E-state index in [1.807, 2.05) is 0 Å². The van der Waals surface area contributed by atoms with Gasteiger partial charge >= 0.3 is 17.1 Å². The number of ether oxygens (including phenoxy) is 1. The normalized spacial score (nSPS) is 32.1. The van der Waals surface area contributed by atoms with E-state index in [2.05, 4.69) is 10.8 Å². The highest BCUT2D eigenvalue weighted by atomic mass is 32.2. The molecule has 0 aromatic heterocycles. The van der Waals surface area contributed by atoms with Crippen LogP contribution in [0.4, 0.5) is 17.6 Å². The van der Waals surface area contributed by atoms with E-state index in [4.69, 9.17) is 4.74 Å². The van der Waals surface area contributed by atoms with Crippen molar-refractivity contribution in [3.8, 4) is 0 Å². The highest BCUT2D eigenvalue weighted by Gasteiger charge is 2.62. The van der Waals surface area contributed by atoms with Crippen molar-refractivity contribution in [3.63, 3.8) is 0 Å². The maximum atomic E-state index is 13.6. The minimum atomic E-state index is -6.67. The van der Waals surface area contributed by atoms with Crippen molar-refractivity contribution in [1.29, 1.82) is 0 Å². The summed E-state index contributed by atoms with van der Waals surface area (Å²) >= 11 is 0. The van der Waals surface area contributed by atoms with Crippen molar-refractivity contribution in [2.45, 2.75) is 68.6 Å². The average Bonchev–Trinajstić information content (AvgIpc) is 2.57. The van der Waals surface area contributed by atoms with Crippen LogP contribution in [0.2, 0.25) is 0 Å². The second-order valence-electron chi connectivity index (χ2n) is 9.76. The number of alkyl halides is 4. The quantitative estimate of drug-likeness (QED) is 0.141. The van der Waals surface area contributed by atoms with E-state index < -0.39 is 67.2 Å². The van der Waals surface area contributed by atoms with Gasteiger partial charge in [-0.25, -0.2) is 13.2 Å². The zero-order valence-electron chi connectivity index (χ0n) is 17.8. The Kier molecular flexibility index (Phi) is 6.52. The van der Waals surface area contributed by atoms with Crippen LogP contribution in [0.3, 0.4) is 0 Å². The first-order valence-electron chi connectivity index (χ1n) is 10.3. The Morgan fingerprint density at radius 2 is 1.64 bits per heavy atom. The summed E-state index contributed by atoms with van der Waals surface area (Å²) in [6.07, 6.45) is 1.25. The third-order valence-corrected chi connectivity index (χ3v) is 9.11. The molecule has 0 amide bonds. The molecule has 0 heterocycles. The van der Waals surface area contributed by atoms with E-state index in [0.29, 0.717) is 25.7 Å². The molecule has 0 saturated heterocycles. The highest BCUT2D eigenvalue weighted by molar-refractivity contribution is 7.87. The molecule has 2 atom stereocenters. The molecule has 4 rings (SSSR count). The SMILES string of the molecule is C=C(C)C(=O)OC12CC3CC(CC(CS(=O)(=O)OCCC(F)(F)C(F)(F)S(=O)(=O)[O-])(C3)C1)C2. The molecule has 4 aliphatic rings. The molecule has 4 bridgehead atoms. The van der Waals surface area contributed by atoms with Gasteiger partial charge in [-0.2, -0.15) is 26.0 Å². The van der Waals surface area contributed by atoms with Crippen molar-refractivity contribution >= 4 is 26.2 Å². The number of hydrogen-bond donors (Lipinski definition) is 0. The number of carbonyl (C=O) groups is 1. The van der Waals surface area contributed by atoms with Crippen LogP contribution in [0.25, 0.3) is 0 Å². The average molecular weight is 522 g/mol. The Labute approximate surface area is 189 Å². The first-order valence-corrected chi connectivity index (χ1v) is 13.3. The van der Waals surface area contributed by atoms with Gasteiger partial charge in [-0.05, 0) is 62.7 Å². The Morgan fingerprint density at radius 3 is 2.12 bits per heavy atom. The number of carbonyl (C=O) groups excluding carboxylic acids is 1. The molecule has 4 aliphatic carbocycles. The summed E-state index contributed by atoms with van der Waals surface area (Å²) in [6, 6.07) is 0. The smallest absolute Gasteiger partial charge is 0.396 e. The topological polar surface area (TPSA) is 127 Å². The first-order chi connectivity index (χ1) is 14.8. The number of halogens is 4. The molecule has 0 aromatic rings. The lowest BCUT2D eigenvalue weighted by atomic mass is 9.48. The maximum absolute atomic E-state index is 13.6. The van der Waals surface area contributed by atoms with Crippen LogP contribution < -0.4 is 0 Å². The minimum Gasteiger partial charge on any atom is -0.743 e. The predicted molar refractivity (Wildman–Crippen MR) is 105 cm³/mol. The summed E-state index contributed by atoms with van der Waals surface area (Å²) in [5.74, 6) is -6.27. The molecule has 14 heteroatoms. The minimum absolute atomic E-state index is 0.102. The van der Waals surface area contributed by atoms with Crippen molar-refractivity contribution in [3.05, 3.63) is 12.2 Å². The molecule has 0 aliphatic heterocycles. The first kappa shape index (κ1) is 26.4.